The normalized spacial score (nSPS) is 13.8. The fraction of sp³-hybridized carbons (Fsp3) is 1.00. The van der Waals surface area contributed by atoms with E-state index in [1.165, 1.54) is 0 Å². The second kappa shape index (κ2) is 6.98. The maximum Gasteiger partial charge on any atom is 0.499 e. The van der Waals surface area contributed by atoms with Gasteiger partial charge in [0.15, 0.2) is 0 Å². The van der Waals surface area contributed by atoms with Crippen molar-refractivity contribution in [3.8, 4) is 0 Å². The van der Waals surface area contributed by atoms with E-state index in [-0.39, 0.29) is 0 Å². The number of nitrogens with zero attached hydrogens (tertiary/aromatic N) is 2. The highest BCUT2D eigenvalue weighted by atomic mass is 28.4. The van der Waals surface area contributed by atoms with Crippen molar-refractivity contribution < 1.29 is 13.3 Å². The summed E-state index contributed by atoms with van der Waals surface area (Å²) in [6.45, 7) is 2.34. The highest BCUT2D eigenvalue weighted by Crippen LogP contribution is 2.24. The molecule has 0 heterocycles. The molecule has 0 unspecified atom stereocenters. The van der Waals surface area contributed by atoms with E-state index in [0.717, 1.165) is 12.1 Å². The van der Waals surface area contributed by atoms with Crippen molar-refractivity contribution in [2.75, 3.05) is 49.5 Å². The van der Waals surface area contributed by atoms with Gasteiger partial charge in [-0.05, 0) is 40.8 Å². The first-order valence-electron chi connectivity index (χ1n) is 5.78. The molecule has 0 bridgehead atoms. The summed E-state index contributed by atoms with van der Waals surface area (Å²) >= 11 is 0. The lowest BCUT2D eigenvalue weighted by molar-refractivity contribution is 0.124. The van der Waals surface area contributed by atoms with Gasteiger partial charge in [-0.3, -0.25) is 0 Å². The van der Waals surface area contributed by atoms with Gasteiger partial charge >= 0.3 is 8.80 Å². The molecule has 0 fully saturated rings. The zero-order valence-electron chi connectivity index (χ0n) is 12.5. The van der Waals surface area contributed by atoms with Gasteiger partial charge in [-0.1, -0.05) is 0 Å². The van der Waals surface area contributed by atoms with Gasteiger partial charge in [0.05, 0.1) is 0 Å². The summed E-state index contributed by atoms with van der Waals surface area (Å²) in [5.74, 6) is 0. The van der Waals surface area contributed by atoms with E-state index in [1.54, 1.807) is 21.3 Å². The van der Waals surface area contributed by atoms with E-state index in [2.05, 4.69) is 43.9 Å². The second-order valence-corrected chi connectivity index (χ2v) is 12.6. The Bertz CT molecular complexity index is 207. The maximum absolute atomic E-state index is 5.47. The third-order valence-corrected chi connectivity index (χ3v) is 12.0. The molecule has 0 aromatic rings. The molecule has 0 saturated heterocycles. The van der Waals surface area contributed by atoms with Gasteiger partial charge in [0.25, 0.3) is 0 Å². The predicted molar refractivity (Wildman–Crippen MR) is 75.4 cm³/mol. The SMILES string of the molecule is CO[Si](CC[Si](C)(N(C)C)N(C)C)(OC)OC. The Morgan fingerprint density at radius 2 is 1.12 bits per heavy atom. The Morgan fingerprint density at radius 1 is 0.765 bits per heavy atom. The Labute approximate surface area is 108 Å². The molecule has 0 spiro atoms. The van der Waals surface area contributed by atoms with Crippen LogP contribution in [0, 0.1) is 0 Å². The maximum atomic E-state index is 5.47. The zero-order chi connectivity index (χ0) is 13.7. The third kappa shape index (κ3) is 4.13. The molecule has 0 radical (unpaired) electrons. The Balaban J connectivity index is 4.70. The lowest BCUT2D eigenvalue weighted by Crippen LogP contribution is -2.59. The first-order chi connectivity index (χ1) is 7.78. The minimum Gasteiger partial charge on any atom is -0.377 e. The van der Waals surface area contributed by atoms with Crippen molar-refractivity contribution in [3.05, 3.63) is 0 Å². The Morgan fingerprint density at radius 3 is 1.35 bits per heavy atom. The van der Waals surface area contributed by atoms with Gasteiger partial charge in [0.1, 0.15) is 0 Å². The minimum absolute atomic E-state index is 0.857. The van der Waals surface area contributed by atoms with Crippen LogP contribution >= 0.6 is 0 Å². The summed E-state index contributed by atoms with van der Waals surface area (Å²) in [5.41, 5.74) is 0. The van der Waals surface area contributed by atoms with E-state index in [4.69, 9.17) is 13.3 Å². The molecular formula is C10H28N2O3Si2. The molecule has 0 aliphatic carbocycles. The van der Waals surface area contributed by atoms with Crippen LogP contribution in [0.3, 0.4) is 0 Å². The Kier molecular flexibility index (Phi) is 7.07. The van der Waals surface area contributed by atoms with E-state index in [9.17, 15) is 0 Å². The first-order valence-corrected chi connectivity index (χ1v) is 10.3. The summed E-state index contributed by atoms with van der Waals surface area (Å²) in [5, 5.41) is 0. The van der Waals surface area contributed by atoms with E-state index >= 15 is 0 Å². The van der Waals surface area contributed by atoms with Gasteiger partial charge in [0.2, 0.25) is 8.40 Å². The third-order valence-electron chi connectivity index (χ3n) is 3.76. The van der Waals surface area contributed by atoms with Crippen molar-refractivity contribution >= 4 is 17.2 Å². The van der Waals surface area contributed by atoms with Crippen LogP contribution < -0.4 is 0 Å². The van der Waals surface area contributed by atoms with Crippen molar-refractivity contribution in [2.45, 2.75) is 18.6 Å². The summed E-state index contributed by atoms with van der Waals surface area (Å²) in [6, 6.07) is 1.92. The predicted octanol–water partition coefficient (Wildman–Crippen LogP) is 1.06. The van der Waals surface area contributed by atoms with Crippen molar-refractivity contribution in [1.82, 2.24) is 9.13 Å². The topological polar surface area (TPSA) is 34.2 Å². The summed E-state index contributed by atoms with van der Waals surface area (Å²) in [7, 11) is 9.53. The second-order valence-electron chi connectivity index (χ2n) is 4.80. The van der Waals surface area contributed by atoms with Gasteiger partial charge in [-0.15, -0.1) is 0 Å². The van der Waals surface area contributed by atoms with Gasteiger partial charge in [-0.2, -0.15) is 0 Å². The molecular weight excluding hydrogens is 252 g/mol. The fourth-order valence-electron chi connectivity index (χ4n) is 1.79. The quantitative estimate of drug-likeness (QED) is 0.621. The highest BCUT2D eigenvalue weighted by Gasteiger charge is 2.43. The van der Waals surface area contributed by atoms with Gasteiger partial charge in [0, 0.05) is 27.4 Å². The van der Waals surface area contributed by atoms with Crippen LogP contribution in [0.25, 0.3) is 0 Å². The zero-order valence-corrected chi connectivity index (χ0v) is 14.5. The van der Waals surface area contributed by atoms with Crippen LogP contribution in [-0.2, 0) is 13.3 Å². The lowest BCUT2D eigenvalue weighted by atomic mass is 10.9. The van der Waals surface area contributed by atoms with Crippen LogP contribution in [0.1, 0.15) is 0 Å². The molecule has 104 valence electrons. The molecule has 0 amide bonds. The monoisotopic (exact) mass is 280 g/mol. The molecule has 5 nitrogen and oxygen atoms in total. The number of hydrogen-bond donors (Lipinski definition) is 0. The van der Waals surface area contributed by atoms with Crippen molar-refractivity contribution in [3.63, 3.8) is 0 Å². The summed E-state index contributed by atoms with van der Waals surface area (Å²) in [6.07, 6.45) is 0. The highest BCUT2D eigenvalue weighted by molar-refractivity contribution is 6.75. The van der Waals surface area contributed by atoms with E-state index < -0.39 is 17.2 Å². The lowest BCUT2D eigenvalue weighted by Gasteiger charge is -2.41. The van der Waals surface area contributed by atoms with Crippen LogP contribution in [0.15, 0.2) is 0 Å². The molecule has 0 aliphatic rings. The van der Waals surface area contributed by atoms with Gasteiger partial charge in [-0.25, -0.2) is 0 Å². The molecule has 0 aromatic carbocycles. The number of hydrogen-bond acceptors (Lipinski definition) is 5. The molecule has 7 heteroatoms. The average molecular weight is 281 g/mol. The van der Waals surface area contributed by atoms with Crippen LogP contribution in [0.4, 0.5) is 0 Å². The molecule has 0 aliphatic heterocycles. The molecule has 0 atom stereocenters. The molecule has 0 aromatic heterocycles. The summed E-state index contributed by atoms with van der Waals surface area (Å²) in [4.78, 5) is 0. The summed E-state index contributed by atoms with van der Waals surface area (Å²) < 4.78 is 21.1. The largest absolute Gasteiger partial charge is 0.499 e. The van der Waals surface area contributed by atoms with Crippen molar-refractivity contribution in [1.29, 1.82) is 0 Å². The average Bonchev–Trinajstić information content (AvgIpc) is 2.30. The molecule has 17 heavy (non-hydrogen) atoms. The van der Waals surface area contributed by atoms with Gasteiger partial charge < -0.3 is 22.4 Å². The number of rotatable bonds is 8. The standard InChI is InChI=1S/C10H28N2O3Si2/c1-11(2)16(8,12(3)4)9-10-17(13-5,14-6)15-7/h9-10H2,1-8H3. The molecule has 0 saturated carbocycles. The Hall–Kier alpha value is 0.234. The fourth-order valence-corrected chi connectivity index (χ4v) is 7.72. The van der Waals surface area contributed by atoms with Crippen LogP contribution in [-0.4, -0.2) is 75.9 Å². The molecule has 0 N–H and O–H groups in total. The molecule has 0 rings (SSSR count). The minimum atomic E-state index is -2.44. The smallest absolute Gasteiger partial charge is 0.377 e. The van der Waals surface area contributed by atoms with E-state index in [0.29, 0.717) is 0 Å². The van der Waals surface area contributed by atoms with Crippen molar-refractivity contribution in [2.24, 2.45) is 0 Å². The van der Waals surface area contributed by atoms with E-state index in [1.807, 2.05) is 0 Å². The van der Waals surface area contributed by atoms with Crippen LogP contribution in [0.5, 0.6) is 0 Å². The van der Waals surface area contributed by atoms with Crippen LogP contribution in [0.2, 0.25) is 18.6 Å². The first kappa shape index (κ1) is 17.2.